The predicted octanol–water partition coefficient (Wildman–Crippen LogP) is 5.62. The molecule has 0 radical (unpaired) electrons. The van der Waals surface area contributed by atoms with Crippen LogP contribution < -0.4 is 4.74 Å². The number of benzene rings is 2. The van der Waals surface area contributed by atoms with Crippen LogP contribution in [0.5, 0.6) is 5.75 Å². The summed E-state index contributed by atoms with van der Waals surface area (Å²) in [5.41, 5.74) is 2.00. The number of nitrogens with zero attached hydrogens (tertiary/aromatic N) is 1. The Morgan fingerprint density at radius 2 is 1.92 bits per heavy atom. The van der Waals surface area contributed by atoms with E-state index in [1.54, 1.807) is 24.3 Å². The summed E-state index contributed by atoms with van der Waals surface area (Å²) in [6.07, 6.45) is 0.193. The fourth-order valence-electron chi connectivity index (χ4n) is 2.80. The fraction of sp³-hybridized carbons (Fsp3) is 0.200. The average Bonchev–Trinajstić information content (AvgIpc) is 2.58. The number of fused-ring (bicyclic) bond motifs is 1. The van der Waals surface area contributed by atoms with Gasteiger partial charge in [-0.15, -0.1) is 0 Å². The highest BCUT2D eigenvalue weighted by Crippen LogP contribution is 2.35. The fourth-order valence-corrected chi connectivity index (χ4v) is 3.17. The molecule has 0 aliphatic carbocycles. The molecule has 0 amide bonds. The third-order valence-electron chi connectivity index (χ3n) is 3.89. The Morgan fingerprint density at radius 1 is 1.19 bits per heavy atom. The second kappa shape index (κ2) is 7.52. The first-order chi connectivity index (χ1) is 12.4. The number of aromatic nitrogens is 1. The molecule has 0 saturated carbocycles. The van der Waals surface area contributed by atoms with Crippen LogP contribution in [0.15, 0.2) is 42.5 Å². The van der Waals surface area contributed by atoms with Gasteiger partial charge in [-0.3, -0.25) is 0 Å². The highest BCUT2D eigenvalue weighted by Gasteiger charge is 2.23. The molecule has 1 heterocycles. The van der Waals surface area contributed by atoms with Gasteiger partial charge in [-0.25, -0.2) is 9.78 Å². The van der Waals surface area contributed by atoms with Gasteiger partial charge in [-0.05, 0) is 43.7 Å². The van der Waals surface area contributed by atoms with E-state index in [0.29, 0.717) is 27.5 Å². The number of hydrogen-bond donors (Lipinski definition) is 1. The Kier molecular flexibility index (Phi) is 5.35. The molecule has 0 unspecified atom stereocenters. The molecule has 0 spiro atoms. The number of ether oxygens (including phenoxy) is 1. The summed E-state index contributed by atoms with van der Waals surface area (Å²) in [6, 6.07) is 12.6. The van der Waals surface area contributed by atoms with Crippen LogP contribution in [0.4, 0.5) is 0 Å². The molecule has 0 atom stereocenters. The standard InChI is InChI=1S/C20H17Cl2NO3/c1-11(2)26-19-15(9-12-5-3-4-6-16(12)22)14-10-13(21)7-8-17(14)23-18(19)20(24)25/h3-8,10-11H,9H2,1-2H3,(H,24,25). The number of rotatable bonds is 5. The molecule has 4 nitrogen and oxygen atoms in total. The molecule has 2 aromatic carbocycles. The molecule has 1 aromatic heterocycles. The van der Waals surface area contributed by atoms with Crippen LogP contribution in [-0.2, 0) is 6.42 Å². The molecule has 0 bridgehead atoms. The van der Waals surface area contributed by atoms with Gasteiger partial charge < -0.3 is 9.84 Å². The van der Waals surface area contributed by atoms with E-state index in [4.69, 9.17) is 27.9 Å². The van der Waals surface area contributed by atoms with Crippen molar-refractivity contribution in [2.24, 2.45) is 0 Å². The van der Waals surface area contributed by atoms with Crippen LogP contribution in [0, 0.1) is 0 Å². The van der Waals surface area contributed by atoms with E-state index in [2.05, 4.69) is 4.98 Å². The number of aromatic carboxylic acids is 1. The first kappa shape index (κ1) is 18.5. The maximum Gasteiger partial charge on any atom is 0.358 e. The number of halogens is 2. The number of carboxylic acids is 1. The van der Waals surface area contributed by atoms with Gasteiger partial charge in [0.05, 0.1) is 11.6 Å². The van der Waals surface area contributed by atoms with E-state index < -0.39 is 5.97 Å². The van der Waals surface area contributed by atoms with Gasteiger partial charge in [0.25, 0.3) is 0 Å². The van der Waals surface area contributed by atoms with Crippen molar-refractivity contribution in [3.8, 4) is 5.75 Å². The van der Waals surface area contributed by atoms with E-state index in [1.165, 1.54) is 0 Å². The zero-order valence-electron chi connectivity index (χ0n) is 14.3. The van der Waals surface area contributed by atoms with Crippen LogP contribution in [0.2, 0.25) is 10.0 Å². The summed E-state index contributed by atoms with van der Waals surface area (Å²) in [6.45, 7) is 3.68. The van der Waals surface area contributed by atoms with Gasteiger partial charge in [0, 0.05) is 27.4 Å². The Labute approximate surface area is 161 Å². The van der Waals surface area contributed by atoms with Crippen molar-refractivity contribution in [1.82, 2.24) is 4.98 Å². The van der Waals surface area contributed by atoms with Crippen molar-refractivity contribution >= 4 is 40.1 Å². The van der Waals surface area contributed by atoms with Crippen molar-refractivity contribution in [3.05, 3.63) is 69.3 Å². The van der Waals surface area contributed by atoms with Gasteiger partial charge in [-0.1, -0.05) is 41.4 Å². The quantitative estimate of drug-likeness (QED) is 0.615. The smallest absolute Gasteiger partial charge is 0.358 e. The Balaban J connectivity index is 2.32. The van der Waals surface area contributed by atoms with E-state index in [-0.39, 0.29) is 17.5 Å². The van der Waals surface area contributed by atoms with Crippen molar-refractivity contribution in [2.75, 3.05) is 0 Å². The van der Waals surface area contributed by atoms with Crippen LogP contribution in [0.1, 0.15) is 35.5 Å². The molecular formula is C20H17Cl2NO3. The minimum atomic E-state index is -1.14. The normalized spacial score (nSPS) is 11.1. The minimum absolute atomic E-state index is 0.115. The summed E-state index contributed by atoms with van der Waals surface area (Å²) in [4.78, 5) is 16.1. The second-order valence-electron chi connectivity index (χ2n) is 6.17. The second-order valence-corrected chi connectivity index (χ2v) is 7.01. The third kappa shape index (κ3) is 3.76. The minimum Gasteiger partial charge on any atom is -0.488 e. The highest BCUT2D eigenvalue weighted by atomic mass is 35.5. The van der Waals surface area contributed by atoms with Crippen LogP contribution in [0.3, 0.4) is 0 Å². The molecule has 26 heavy (non-hydrogen) atoms. The monoisotopic (exact) mass is 389 g/mol. The zero-order valence-corrected chi connectivity index (χ0v) is 15.8. The summed E-state index contributed by atoms with van der Waals surface area (Å²) < 4.78 is 5.87. The summed E-state index contributed by atoms with van der Waals surface area (Å²) in [5, 5.41) is 11.5. The topological polar surface area (TPSA) is 59.4 Å². The Morgan fingerprint density at radius 3 is 2.58 bits per heavy atom. The van der Waals surface area contributed by atoms with Crippen LogP contribution >= 0.6 is 23.2 Å². The first-order valence-electron chi connectivity index (χ1n) is 8.12. The lowest BCUT2D eigenvalue weighted by molar-refractivity contribution is 0.0683. The SMILES string of the molecule is CC(C)Oc1c(C(=O)O)nc2ccc(Cl)cc2c1Cc1ccccc1Cl. The molecule has 3 aromatic rings. The van der Waals surface area contributed by atoms with Crippen LogP contribution in [-0.4, -0.2) is 22.2 Å². The van der Waals surface area contributed by atoms with Gasteiger partial charge in [0.1, 0.15) is 0 Å². The highest BCUT2D eigenvalue weighted by molar-refractivity contribution is 6.31. The Hall–Kier alpha value is -2.30. The van der Waals surface area contributed by atoms with Crippen molar-refractivity contribution in [3.63, 3.8) is 0 Å². The van der Waals surface area contributed by atoms with E-state index in [9.17, 15) is 9.90 Å². The van der Waals surface area contributed by atoms with Crippen LogP contribution in [0.25, 0.3) is 10.9 Å². The molecule has 0 saturated heterocycles. The first-order valence-corrected chi connectivity index (χ1v) is 8.88. The maximum absolute atomic E-state index is 11.8. The molecule has 6 heteroatoms. The van der Waals surface area contributed by atoms with Crippen molar-refractivity contribution in [2.45, 2.75) is 26.4 Å². The molecule has 3 rings (SSSR count). The number of carbonyl (C=O) groups is 1. The third-order valence-corrected chi connectivity index (χ3v) is 4.49. The molecule has 0 aliphatic rings. The number of carboxylic acid groups (broad SMARTS) is 1. The van der Waals surface area contributed by atoms with Gasteiger partial charge in [0.15, 0.2) is 11.4 Å². The molecule has 0 fully saturated rings. The number of hydrogen-bond acceptors (Lipinski definition) is 3. The molecule has 134 valence electrons. The van der Waals surface area contributed by atoms with Crippen molar-refractivity contribution < 1.29 is 14.6 Å². The van der Waals surface area contributed by atoms with E-state index >= 15 is 0 Å². The number of pyridine rings is 1. The predicted molar refractivity (Wildman–Crippen MR) is 104 cm³/mol. The lowest BCUT2D eigenvalue weighted by Gasteiger charge is -2.19. The average molecular weight is 390 g/mol. The summed E-state index contributed by atoms with van der Waals surface area (Å²) in [7, 11) is 0. The molecule has 1 N–H and O–H groups in total. The van der Waals surface area contributed by atoms with Gasteiger partial charge in [-0.2, -0.15) is 0 Å². The summed E-state index contributed by atoms with van der Waals surface area (Å²) in [5.74, 6) is -0.889. The molecular weight excluding hydrogens is 373 g/mol. The van der Waals surface area contributed by atoms with E-state index in [1.807, 2.05) is 32.0 Å². The van der Waals surface area contributed by atoms with Crippen molar-refractivity contribution in [1.29, 1.82) is 0 Å². The van der Waals surface area contributed by atoms with Gasteiger partial charge >= 0.3 is 5.97 Å². The van der Waals surface area contributed by atoms with Gasteiger partial charge in [0.2, 0.25) is 0 Å². The van der Waals surface area contributed by atoms with E-state index in [0.717, 1.165) is 10.9 Å². The molecule has 0 aliphatic heterocycles. The summed E-state index contributed by atoms with van der Waals surface area (Å²) >= 11 is 12.5. The Bertz CT molecular complexity index is 986. The lowest BCUT2D eigenvalue weighted by atomic mass is 9.98. The maximum atomic E-state index is 11.8. The lowest BCUT2D eigenvalue weighted by Crippen LogP contribution is -2.14. The largest absolute Gasteiger partial charge is 0.488 e. The zero-order chi connectivity index (χ0) is 18.8.